The van der Waals surface area contributed by atoms with Crippen molar-refractivity contribution in [2.24, 2.45) is 11.1 Å². The van der Waals surface area contributed by atoms with Crippen molar-refractivity contribution in [1.29, 1.82) is 0 Å². The van der Waals surface area contributed by atoms with Crippen LogP contribution in [0.2, 0.25) is 0 Å². The van der Waals surface area contributed by atoms with Crippen LogP contribution in [0, 0.1) is 5.92 Å². The molecule has 0 spiro atoms. The molecule has 1 nitrogen and oxygen atoms in total. The Morgan fingerprint density at radius 1 is 1.47 bits per heavy atom. The van der Waals surface area contributed by atoms with E-state index < -0.39 is 0 Å². The molecular weight excluding hydrogens is 202 g/mol. The smallest absolute Gasteiger partial charge is 0.0228 e. The summed E-state index contributed by atoms with van der Waals surface area (Å²) in [4.78, 5) is 1.16. The Morgan fingerprint density at radius 3 is 2.87 bits per heavy atom. The largest absolute Gasteiger partial charge is 0.274 e. The molecule has 1 unspecified atom stereocenters. The van der Waals surface area contributed by atoms with E-state index in [1.807, 2.05) is 0 Å². The SMILES string of the molecule is C=C(CC)C1Cc2ccc(SN)cc2C1. The maximum atomic E-state index is 5.56. The molecule has 0 aliphatic heterocycles. The van der Waals surface area contributed by atoms with E-state index in [4.69, 9.17) is 5.14 Å². The molecule has 15 heavy (non-hydrogen) atoms. The summed E-state index contributed by atoms with van der Waals surface area (Å²) >= 11 is 1.33. The lowest BCUT2D eigenvalue weighted by Gasteiger charge is -2.09. The first-order chi connectivity index (χ1) is 7.24. The molecule has 0 bridgehead atoms. The number of benzene rings is 1. The Bertz CT molecular complexity index is 384. The van der Waals surface area contributed by atoms with Gasteiger partial charge >= 0.3 is 0 Å². The van der Waals surface area contributed by atoms with Crippen molar-refractivity contribution in [3.8, 4) is 0 Å². The zero-order valence-electron chi connectivity index (χ0n) is 9.12. The van der Waals surface area contributed by atoms with Crippen molar-refractivity contribution in [3.05, 3.63) is 41.5 Å². The Labute approximate surface area is 95.9 Å². The monoisotopic (exact) mass is 219 g/mol. The van der Waals surface area contributed by atoms with Gasteiger partial charge < -0.3 is 0 Å². The number of hydrogen-bond acceptors (Lipinski definition) is 2. The van der Waals surface area contributed by atoms with Gasteiger partial charge in [-0.25, -0.2) is 0 Å². The van der Waals surface area contributed by atoms with Crippen molar-refractivity contribution < 1.29 is 0 Å². The first-order valence-electron chi connectivity index (χ1n) is 5.40. The third-order valence-corrected chi connectivity index (χ3v) is 3.80. The van der Waals surface area contributed by atoms with Crippen LogP contribution in [0.25, 0.3) is 0 Å². The Balaban J connectivity index is 2.20. The van der Waals surface area contributed by atoms with Crippen molar-refractivity contribution in [1.82, 2.24) is 0 Å². The molecule has 0 saturated heterocycles. The number of rotatable bonds is 3. The van der Waals surface area contributed by atoms with Crippen molar-refractivity contribution in [3.63, 3.8) is 0 Å². The Morgan fingerprint density at radius 2 is 2.20 bits per heavy atom. The van der Waals surface area contributed by atoms with E-state index in [1.54, 1.807) is 0 Å². The minimum atomic E-state index is 0.656. The zero-order valence-corrected chi connectivity index (χ0v) is 9.94. The van der Waals surface area contributed by atoms with E-state index >= 15 is 0 Å². The fourth-order valence-corrected chi connectivity index (χ4v) is 2.60. The molecular formula is C13H17NS. The fraction of sp³-hybridized carbons (Fsp3) is 0.385. The number of hydrogen-bond donors (Lipinski definition) is 1. The number of fused-ring (bicyclic) bond motifs is 1. The maximum Gasteiger partial charge on any atom is 0.0228 e. The van der Waals surface area contributed by atoms with E-state index in [9.17, 15) is 0 Å². The van der Waals surface area contributed by atoms with E-state index in [0.717, 1.165) is 24.2 Å². The molecule has 1 atom stereocenters. The molecule has 2 rings (SSSR count). The molecule has 1 aromatic rings. The van der Waals surface area contributed by atoms with Gasteiger partial charge in [-0.1, -0.05) is 25.1 Å². The lowest BCUT2D eigenvalue weighted by atomic mass is 9.96. The van der Waals surface area contributed by atoms with Gasteiger partial charge in [-0.2, -0.15) is 0 Å². The molecule has 0 radical (unpaired) electrons. The second-order valence-corrected chi connectivity index (χ2v) is 4.87. The minimum absolute atomic E-state index is 0.656. The average Bonchev–Trinajstić information content (AvgIpc) is 2.70. The first-order valence-corrected chi connectivity index (χ1v) is 6.28. The highest BCUT2D eigenvalue weighted by Crippen LogP contribution is 2.33. The molecule has 80 valence electrons. The Hall–Kier alpha value is -0.730. The maximum absolute atomic E-state index is 5.56. The summed E-state index contributed by atoms with van der Waals surface area (Å²) in [6.45, 7) is 6.34. The summed E-state index contributed by atoms with van der Waals surface area (Å²) < 4.78 is 0. The van der Waals surface area contributed by atoms with Gasteiger partial charge in [-0.15, -0.1) is 0 Å². The highest BCUT2D eigenvalue weighted by molar-refractivity contribution is 7.97. The first kappa shape index (κ1) is 10.8. The molecule has 0 amide bonds. The number of allylic oxidation sites excluding steroid dienone is 1. The highest BCUT2D eigenvalue weighted by Gasteiger charge is 2.22. The third kappa shape index (κ3) is 2.11. The van der Waals surface area contributed by atoms with Crippen LogP contribution in [0.15, 0.2) is 35.2 Å². The topological polar surface area (TPSA) is 26.0 Å². The predicted molar refractivity (Wildman–Crippen MR) is 66.8 cm³/mol. The summed E-state index contributed by atoms with van der Waals surface area (Å²) in [5.41, 5.74) is 4.32. The minimum Gasteiger partial charge on any atom is -0.274 e. The van der Waals surface area contributed by atoms with Gasteiger partial charge in [0.15, 0.2) is 0 Å². The molecule has 2 N–H and O–H groups in total. The molecule has 1 aliphatic rings. The summed E-state index contributed by atoms with van der Waals surface area (Å²) in [6.07, 6.45) is 3.41. The lowest BCUT2D eigenvalue weighted by Crippen LogP contribution is -2.01. The standard InChI is InChI=1S/C13H17NS/c1-3-9(2)11-6-10-4-5-13(15-14)8-12(10)7-11/h4-5,8,11H,2-3,6-7,14H2,1H3. The summed E-state index contributed by atoms with van der Waals surface area (Å²) in [5.74, 6) is 0.656. The van der Waals surface area contributed by atoms with E-state index in [0.29, 0.717) is 5.92 Å². The molecule has 0 heterocycles. The predicted octanol–water partition coefficient (Wildman–Crippen LogP) is 3.33. The van der Waals surface area contributed by atoms with Gasteiger partial charge in [-0.05, 0) is 60.4 Å². The van der Waals surface area contributed by atoms with Crippen molar-refractivity contribution >= 4 is 11.9 Å². The molecule has 1 aliphatic carbocycles. The summed E-state index contributed by atoms with van der Waals surface area (Å²) in [5, 5.41) is 5.56. The van der Waals surface area contributed by atoms with Crippen LogP contribution in [0.5, 0.6) is 0 Å². The zero-order chi connectivity index (χ0) is 10.8. The van der Waals surface area contributed by atoms with Gasteiger partial charge in [0.2, 0.25) is 0 Å². The Kier molecular flexibility index (Phi) is 3.17. The van der Waals surface area contributed by atoms with Crippen LogP contribution in [0.1, 0.15) is 24.5 Å². The van der Waals surface area contributed by atoms with Crippen molar-refractivity contribution in [2.45, 2.75) is 31.1 Å². The van der Waals surface area contributed by atoms with Gasteiger partial charge in [0, 0.05) is 4.90 Å². The molecule has 0 aromatic heterocycles. The summed E-state index contributed by atoms with van der Waals surface area (Å²) in [7, 11) is 0. The van der Waals surface area contributed by atoms with Crippen LogP contribution in [-0.4, -0.2) is 0 Å². The van der Waals surface area contributed by atoms with Crippen molar-refractivity contribution in [2.75, 3.05) is 0 Å². The lowest BCUT2D eigenvalue weighted by molar-refractivity contribution is 0.638. The fourth-order valence-electron chi connectivity index (χ4n) is 2.25. The molecule has 2 heteroatoms. The second kappa shape index (κ2) is 4.42. The molecule has 0 saturated carbocycles. The normalized spacial score (nSPS) is 18.9. The van der Waals surface area contributed by atoms with E-state index in [1.165, 1.54) is 28.6 Å². The van der Waals surface area contributed by atoms with Gasteiger partial charge in [0.1, 0.15) is 0 Å². The molecule has 0 fully saturated rings. The van der Waals surface area contributed by atoms with E-state index in [2.05, 4.69) is 31.7 Å². The van der Waals surface area contributed by atoms with Crippen LogP contribution in [0.4, 0.5) is 0 Å². The van der Waals surface area contributed by atoms with Gasteiger partial charge in [0.05, 0.1) is 0 Å². The molecule has 1 aromatic carbocycles. The highest BCUT2D eigenvalue weighted by atomic mass is 32.2. The van der Waals surface area contributed by atoms with Crippen LogP contribution in [0.3, 0.4) is 0 Å². The quantitative estimate of drug-likeness (QED) is 0.623. The average molecular weight is 219 g/mol. The van der Waals surface area contributed by atoms with E-state index in [-0.39, 0.29) is 0 Å². The van der Waals surface area contributed by atoms with Crippen LogP contribution < -0.4 is 5.14 Å². The van der Waals surface area contributed by atoms with Crippen LogP contribution >= 0.6 is 11.9 Å². The van der Waals surface area contributed by atoms with Gasteiger partial charge in [-0.3, -0.25) is 5.14 Å². The third-order valence-electron chi connectivity index (χ3n) is 3.28. The van der Waals surface area contributed by atoms with Gasteiger partial charge in [0.25, 0.3) is 0 Å². The van der Waals surface area contributed by atoms with Crippen LogP contribution in [-0.2, 0) is 12.8 Å². The summed E-state index contributed by atoms with van der Waals surface area (Å²) in [6, 6.07) is 6.55. The number of nitrogens with two attached hydrogens (primary N) is 1. The second-order valence-electron chi connectivity index (χ2n) is 4.17.